The van der Waals surface area contributed by atoms with E-state index in [1.807, 2.05) is 19.2 Å². The molecule has 0 spiro atoms. The molecule has 5 heteroatoms. The average Bonchev–Trinajstić information content (AvgIpc) is 2.70. The summed E-state index contributed by atoms with van der Waals surface area (Å²) in [5.41, 5.74) is 1.85. The van der Waals surface area contributed by atoms with Crippen molar-refractivity contribution in [2.45, 2.75) is 26.4 Å². The van der Waals surface area contributed by atoms with Gasteiger partial charge in [0.2, 0.25) is 0 Å². The highest BCUT2D eigenvalue weighted by atomic mass is 32.1. The van der Waals surface area contributed by atoms with Crippen LogP contribution >= 0.6 is 11.3 Å². The number of hydrogen-bond donors (Lipinski definition) is 3. The van der Waals surface area contributed by atoms with E-state index in [0.717, 1.165) is 16.3 Å². The maximum Gasteiger partial charge on any atom is 0.119 e. The van der Waals surface area contributed by atoms with Gasteiger partial charge in [-0.15, -0.1) is 11.3 Å². The van der Waals surface area contributed by atoms with Crippen molar-refractivity contribution in [3.05, 3.63) is 39.8 Å². The fourth-order valence-corrected chi connectivity index (χ4v) is 2.35. The second kappa shape index (κ2) is 5.37. The molecule has 18 heavy (non-hydrogen) atoms. The number of phenols is 2. The average molecular weight is 264 g/mol. The first-order valence-corrected chi connectivity index (χ1v) is 6.60. The molecule has 3 N–H and O–H groups in total. The first-order chi connectivity index (χ1) is 8.54. The van der Waals surface area contributed by atoms with Crippen molar-refractivity contribution in [3.63, 3.8) is 0 Å². The molecule has 0 fully saturated rings. The van der Waals surface area contributed by atoms with Gasteiger partial charge in [-0.05, 0) is 31.5 Å². The third kappa shape index (κ3) is 3.21. The van der Waals surface area contributed by atoms with E-state index < -0.39 is 0 Å². The van der Waals surface area contributed by atoms with Gasteiger partial charge in [0.15, 0.2) is 0 Å². The SMILES string of the molecule is Cc1nc(CNC(C)c2cc(O)cc(O)c2)cs1. The normalized spacial score (nSPS) is 12.6. The lowest BCUT2D eigenvalue weighted by atomic mass is 10.1. The summed E-state index contributed by atoms with van der Waals surface area (Å²) in [6.07, 6.45) is 0. The molecule has 96 valence electrons. The number of thiazole rings is 1. The predicted octanol–water partition coefficient (Wildman–Crippen LogP) is 2.71. The highest BCUT2D eigenvalue weighted by Crippen LogP contribution is 2.24. The molecule has 0 aliphatic heterocycles. The van der Waals surface area contributed by atoms with Crippen molar-refractivity contribution in [2.75, 3.05) is 0 Å². The summed E-state index contributed by atoms with van der Waals surface area (Å²) in [4.78, 5) is 4.37. The number of rotatable bonds is 4. The van der Waals surface area contributed by atoms with Crippen LogP contribution in [0.3, 0.4) is 0 Å². The van der Waals surface area contributed by atoms with Crippen LogP contribution in [0, 0.1) is 6.92 Å². The van der Waals surface area contributed by atoms with E-state index in [1.165, 1.54) is 6.07 Å². The predicted molar refractivity (Wildman–Crippen MR) is 71.9 cm³/mol. The van der Waals surface area contributed by atoms with Gasteiger partial charge in [-0.1, -0.05) is 0 Å². The molecule has 4 nitrogen and oxygen atoms in total. The molecular formula is C13H16N2O2S. The minimum absolute atomic E-state index is 0.0324. The Labute approximate surface area is 110 Å². The highest BCUT2D eigenvalue weighted by Gasteiger charge is 2.08. The first kappa shape index (κ1) is 12.9. The van der Waals surface area contributed by atoms with Gasteiger partial charge in [-0.3, -0.25) is 0 Å². The minimum Gasteiger partial charge on any atom is -0.508 e. The van der Waals surface area contributed by atoms with Gasteiger partial charge in [0.05, 0.1) is 10.7 Å². The van der Waals surface area contributed by atoms with Crippen LogP contribution in [0.5, 0.6) is 11.5 Å². The fourth-order valence-electron chi connectivity index (χ4n) is 1.73. The maximum atomic E-state index is 9.43. The quantitative estimate of drug-likeness (QED) is 0.794. The standard InChI is InChI=1S/C13H16N2O2S/c1-8(10-3-12(16)5-13(17)4-10)14-6-11-7-18-9(2)15-11/h3-5,7-8,14,16-17H,6H2,1-2H3. The van der Waals surface area contributed by atoms with Gasteiger partial charge >= 0.3 is 0 Å². The third-order valence-corrected chi connectivity index (χ3v) is 3.50. The molecule has 1 aromatic heterocycles. The van der Waals surface area contributed by atoms with Gasteiger partial charge in [0, 0.05) is 24.0 Å². The second-order valence-corrected chi connectivity index (χ2v) is 5.31. The van der Waals surface area contributed by atoms with E-state index in [2.05, 4.69) is 10.3 Å². The van der Waals surface area contributed by atoms with E-state index in [-0.39, 0.29) is 17.5 Å². The maximum absolute atomic E-state index is 9.43. The minimum atomic E-state index is 0.0324. The van der Waals surface area contributed by atoms with Crippen LogP contribution < -0.4 is 5.32 Å². The van der Waals surface area contributed by atoms with Crippen molar-refractivity contribution < 1.29 is 10.2 Å². The van der Waals surface area contributed by atoms with E-state index >= 15 is 0 Å². The summed E-state index contributed by atoms with van der Waals surface area (Å²) < 4.78 is 0. The lowest BCUT2D eigenvalue weighted by Crippen LogP contribution is -2.18. The van der Waals surface area contributed by atoms with E-state index in [4.69, 9.17) is 0 Å². The Bertz CT molecular complexity index is 519. The van der Waals surface area contributed by atoms with Gasteiger partial charge < -0.3 is 15.5 Å². The molecule has 0 radical (unpaired) electrons. The number of aromatic nitrogens is 1. The lowest BCUT2D eigenvalue weighted by molar-refractivity contribution is 0.446. The van der Waals surface area contributed by atoms with Crippen LogP contribution in [0.4, 0.5) is 0 Å². The van der Waals surface area contributed by atoms with Crippen LogP contribution in [-0.4, -0.2) is 15.2 Å². The van der Waals surface area contributed by atoms with Crippen LogP contribution in [0.2, 0.25) is 0 Å². The summed E-state index contributed by atoms with van der Waals surface area (Å²) in [5, 5.41) is 25.2. The van der Waals surface area contributed by atoms with Gasteiger partial charge in [0.1, 0.15) is 11.5 Å². The van der Waals surface area contributed by atoms with Crippen LogP contribution in [0.15, 0.2) is 23.6 Å². The lowest BCUT2D eigenvalue weighted by Gasteiger charge is -2.14. The van der Waals surface area contributed by atoms with Crippen molar-refractivity contribution in [1.29, 1.82) is 0 Å². The Morgan fingerprint density at radius 2 is 1.94 bits per heavy atom. The summed E-state index contributed by atoms with van der Waals surface area (Å²) in [6, 6.07) is 4.64. The molecule has 0 bridgehead atoms. The van der Waals surface area contributed by atoms with Crippen LogP contribution in [-0.2, 0) is 6.54 Å². The van der Waals surface area contributed by atoms with Gasteiger partial charge in [0.25, 0.3) is 0 Å². The molecule has 2 rings (SSSR count). The Morgan fingerprint density at radius 3 is 2.50 bits per heavy atom. The Morgan fingerprint density at radius 1 is 1.28 bits per heavy atom. The summed E-state index contributed by atoms with van der Waals surface area (Å²) in [6.45, 7) is 4.63. The van der Waals surface area contributed by atoms with E-state index in [9.17, 15) is 10.2 Å². The Balaban J connectivity index is 2.01. The smallest absolute Gasteiger partial charge is 0.119 e. The van der Waals surface area contributed by atoms with Crippen molar-refractivity contribution >= 4 is 11.3 Å². The molecule has 0 aliphatic carbocycles. The molecule has 0 saturated carbocycles. The van der Waals surface area contributed by atoms with Crippen LogP contribution in [0.1, 0.15) is 29.2 Å². The molecule has 1 atom stereocenters. The zero-order chi connectivity index (χ0) is 13.1. The van der Waals surface area contributed by atoms with E-state index in [1.54, 1.807) is 23.5 Å². The molecule has 1 aromatic carbocycles. The number of nitrogens with one attached hydrogen (secondary N) is 1. The number of aryl methyl sites for hydroxylation is 1. The zero-order valence-corrected chi connectivity index (χ0v) is 11.2. The number of phenolic OH excluding ortho intramolecular Hbond substituents is 2. The van der Waals surface area contributed by atoms with Gasteiger partial charge in [-0.25, -0.2) is 4.98 Å². The molecule has 0 amide bonds. The molecular weight excluding hydrogens is 248 g/mol. The van der Waals surface area contributed by atoms with Crippen LogP contribution in [0.25, 0.3) is 0 Å². The molecule has 1 unspecified atom stereocenters. The zero-order valence-electron chi connectivity index (χ0n) is 10.3. The summed E-state index contributed by atoms with van der Waals surface area (Å²) in [7, 11) is 0. The van der Waals surface area contributed by atoms with E-state index in [0.29, 0.717) is 6.54 Å². The highest BCUT2D eigenvalue weighted by molar-refractivity contribution is 7.09. The number of hydrogen-bond acceptors (Lipinski definition) is 5. The molecule has 2 aromatic rings. The van der Waals surface area contributed by atoms with Gasteiger partial charge in [-0.2, -0.15) is 0 Å². The molecule has 0 aliphatic rings. The number of aromatic hydroxyl groups is 2. The largest absolute Gasteiger partial charge is 0.508 e. The number of benzene rings is 1. The van der Waals surface area contributed by atoms with Crippen molar-refractivity contribution in [1.82, 2.24) is 10.3 Å². The van der Waals surface area contributed by atoms with Crippen molar-refractivity contribution in [3.8, 4) is 11.5 Å². The molecule has 0 saturated heterocycles. The Hall–Kier alpha value is -1.59. The molecule has 1 heterocycles. The fraction of sp³-hybridized carbons (Fsp3) is 0.308. The second-order valence-electron chi connectivity index (χ2n) is 4.24. The monoisotopic (exact) mass is 264 g/mol. The third-order valence-electron chi connectivity index (χ3n) is 2.68. The number of nitrogens with zero attached hydrogens (tertiary/aromatic N) is 1. The first-order valence-electron chi connectivity index (χ1n) is 5.72. The topological polar surface area (TPSA) is 65.4 Å². The van der Waals surface area contributed by atoms with Crippen molar-refractivity contribution in [2.24, 2.45) is 0 Å². The Kier molecular flexibility index (Phi) is 3.84. The summed E-state index contributed by atoms with van der Waals surface area (Å²) in [5.74, 6) is 0.145. The summed E-state index contributed by atoms with van der Waals surface area (Å²) >= 11 is 1.63.